The summed E-state index contributed by atoms with van der Waals surface area (Å²) in [5.74, 6) is -0.0772. The number of para-hydroxylation sites is 1. The smallest absolute Gasteiger partial charge is 0.293 e. The van der Waals surface area contributed by atoms with Gasteiger partial charge >= 0.3 is 0 Å². The molecule has 150 valence electrons. The van der Waals surface area contributed by atoms with Crippen molar-refractivity contribution < 1.29 is 23.3 Å². The number of halogens is 1. The second-order valence-electron chi connectivity index (χ2n) is 6.36. The monoisotopic (exact) mass is 424 g/mol. The van der Waals surface area contributed by atoms with Crippen LogP contribution < -0.4 is 0 Å². The van der Waals surface area contributed by atoms with Crippen LogP contribution in [0.3, 0.4) is 0 Å². The zero-order valence-corrected chi connectivity index (χ0v) is 16.1. The maximum absolute atomic E-state index is 13.1. The summed E-state index contributed by atoms with van der Waals surface area (Å²) in [4.78, 5) is 36.7. The largest absolute Gasteiger partial charge is 0.457 e. The first-order valence-electron chi connectivity index (χ1n) is 8.76. The number of rotatable bonds is 5. The molecule has 1 fully saturated rings. The van der Waals surface area contributed by atoms with Crippen molar-refractivity contribution in [3.63, 3.8) is 0 Å². The van der Waals surface area contributed by atoms with Gasteiger partial charge in [-0.2, -0.15) is 0 Å². The van der Waals surface area contributed by atoms with Crippen molar-refractivity contribution in [3.8, 4) is 11.3 Å². The van der Waals surface area contributed by atoms with E-state index in [4.69, 9.17) is 4.42 Å². The molecule has 30 heavy (non-hydrogen) atoms. The zero-order chi connectivity index (χ0) is 21.3. The third-order valence-electron chi connectivity index (χ3n) is 4.42. The van der Waals surface area contributed by atoms with E-state index < -0.39 is 16.1 Å². The molecule has 0 unspecified atom stereocenters. The minimum Gasteiger partial charge on any atom is -0.457 e. The molecule has 0 saturated carbocycles. The van der Waals surface area contributed by atoms with Crippen LogP contribution in [-0.4, -0.2) is 21.0 Å². The molecule has 0 N–H and O–H groups in total. The van der Waals surface area contributed by atoms with E-state index >= 15 is 0 Å². The van der Waals surface area contributed by atoms with E-state index in [0.717, 1.165) is 16.7 Å². The Balaban J connectivity index is 1.55. The average molecular weight is 424 g/mol. The summed E-state index contributed by atoms with van der Waals surface area (Å²) in [7, 11) is 0. The van der Waals surface area contributed by atoms with Gasteiger partial charge < -0.3 is 4.42 Å². The number of nitrogens with zero attached hydrogens (tertiary/aromatic N) is 2. The fourth-order valence-corrected chi connectivity index (χ4v) is 3.78. The Morgan fingerprint density at radius 1 is 1.07 bits per heavy atom. The third kappa shape index (κ3) is 3.87. The van der Waals surface area contributed by atoms with Gasteiger partial charge in [0.05, 0.1) is 16.4 Å². The number of hydrogen-bond acceptors (Lipinski definition) is 6. The molecule has 4 rings (SSSR count). The first-order chi connectivity index (χ1) is 14.4. The van der Waals surface area contributed by atoms with Gasteiger partial charge in [0.25, 0.3) is 16.8 Å². The van der Waals surface area contributed by atoms with Crippen LogP contribution in [0.5, 0.6) is 0 Å². The van der Waals surface area contributed by atoms with Crippen LogP contribution in [0.2, 0.25) is 0 Å². The maximum Gasteiger partial charge on any atom is 0.293 e. The van der Waals surface area contributed by atoms with Gasteiger partial charge in [0.15, 0.2) is 0 Å². The molecule has 1 aliphatic heterocycles. The summed E-state index contributed by atoms with van der Waals surface area (Å²) >= 11 is 0.736. The highest BCUT2D eigenvalue weighted by molar-refractivity contribution is 8.18. The fourth-order valence-electron chi connectivity index (χ4n) is 2.96. The molecule has 3 aromatic rings. The summed E-state index contributed by atoms with van der Waals surface area (Å²) in [5, 5.41) is 10.7. The van der Waals surface area contributed by atoms with Crippen molar-refractivity contribution in [1.82, 2.24) is 4.90 Å². The second kappa shape index (κ2) is 7.96. The molecule has 7 nitrogen and oxygen atoms in total. The van der Waals surface area contributed by atoms with Crippen LogP contribution in [0.4, 0.5) is 14.9 Å². The Labute approximate surface area is 173 Å². The molecular formula is C21H13FN2O5S. The van der Waals surface area contributed by atoms with Gasteiger partial charge in [-0.05, 0) is 48.2 Å². The predicted octanol–water partition coefficient (Wildman–Crippen LogP) is 5.23. The molecule has 2 amide bonds. The van der Waals surface area contributed by atoms with Gasteiger partial charge in [0.2, 0.25) is 0 Å². The van der Waals surface area contributed by atoms with Crippen molar-refractivity contribution in [2.45, 2.75) is 6.54 Å². The number of amides is 2. The molecule has 2 heterocycles. The Hall–Kier alpha value is -3.72. The highest BCUT2D eigenvalue weighted by Crippen LogP contribution is 2.35. The molecule has 0 radical (unpaired) electrons. The minimum atomic E-state index is -0.553. The third-order valence-corrected chi connectivity index (χ3v) is 5.33. The van der Waals surface area contributed by atoms with E-state index in [1.54, 1.807) is 30.3 Å². The zero-order valence-electron chi connectivity index (χ0n) is 15.3. The lowest BCUT2D eigenvalue weighted by Gasteiger charge is -2.12. The lowest BCUT2D eigenvalue weighted by Crippen LogP contribution is -2.27. The number of thioether (sulfide) groups is 1. The van der Waals surface area contributed by atoms with Crippen molar-refractivity contribution in [2.75, 3.05) is 0 Å². The number of nitro benzene ring substituents is 1. The van der Waals surface area contributed by atoms with Crippen molar-refractivity contribution >= 4 is 34.7 Å². The molecule has 1 saturated heterocycles. The van der Waals surface area contributed by atoms with E-state index in [2.05, 4.69) is 0 Å². The molecule has 9 heteroatoms. The maximum atomic E-state index is 13.1. The number of hydrogen-bond donors (Lipinski definition) is 0. The Morgan fingerprint density at radius 2 is 1.80 bits per heavy atom. The summed E-state index contributed by atoms with van der Waals surface area (Å²) in [6.45, 7) is -0.196. The molecule has 0 spiro atoms. The molecule has 0 aliphatic carbocycles. The molecule has 0 atom stereocenters. The number of benzene rings is 2. The van der Waals surface area contributed by atoms with Crippen molar-refractivity contribution in [3.05, 3.63) is 92.8 Å². The molecule has 0 bridgehead atoms. The van der Waals surface area contributed by atoms with Gasteiger partial charge in [0.1, 0.15) is 17.3 Å². The number of nitro groups is 1. The summed E-state index contributed by atoms with van der Waals surface area (Å²) < 4.78 is 18.7. The van der Waals surface area contributed by atoms with Crippen LogP contribution >= 0.6 is 11.8 Å². The van der Waals surface area contributed by atoms with Gasteiger partial charge in [-0.15, -0.1) is 0 Å². The molecule has 1 aliphatic rings. The van der Waals surface area contributed by atoms with Gasteiger partial charge in [-0.1, -0.05) is 18.2 Å². The Kier molecular flexibility index (Phi) is 5.20. The normalized spacial score (nSPS) is 15.2. The molecule has 1 aromatic heterocycles. The van der Waals surface area contributed by atoms with E-state index in [0.29, 0.717) is 17.1 Å². The highest BCUT2D eigenvalue weighted by atomic mass is 32.2. The van der Waals surface area contributed by atoms with Crippen LogP contribution in [0.15, 0.2) is 70.0 Å². The molecular weight excluding hydrogens is 411 g/mol. The van der Waals surface area contributed by atoms with Crippen LogP contribution in [0.1, 0.15) is 11.3 Å². The first kappa shape index (κ1) is 19.6. The van der Waals surface area contributed by atoms with Crippen LogP contribution in [0.25, 0.3) is 17.4 Å². The summed E-state index contributed by atoms with van der Waals surface area (Å²) in [6, 6.07) is 15.0. The SMILES string of the molecule is O=C1S/C(=C\c2ccc(-c3ccc(F)cc3)o2)C(=O)N1Cc1ccccc1[N+](=O)[O-]. The second-order valence-corrected chi connectivity index (χ2v) is 7.36. The predicted molar refractivity (Wildman–Crippen MR) is 109 cm³/mol. The standard InChI is InChI=1S/C21H13FN2O5S/c22-15-7-5-13(6-8-15)18-10-9-16(29-18)11-19-20(25)23(21(26)30-19)12-14-3-1-2-4-17(14)24(27)28/h1-11H,12H2/b19-11-. The fraction of sp³-hybridized carbons (Fsp3) is 0.0476. The number of furan rings is 1. The van der Waals surface area contributed by atoms with E-state index in [1.807, 2.05) is 0 Å². The minimum absolute atomic E-state index is 0.151. The first-order valence-corrected chi connectivity index (χ1v) is 9.57. The lowest BCUT2D eigenvalue weighted by molar-refractivity contribution is -0.385. The van der Waals surface area contributed by atoms with Gasteiger partial charge in [0, 0.05) is 23.3 Å². The number of carbonyl (C=O) groups is 2. The number of carbonyl (C=O) groups excluding carboxylic acids is 2. The quantitative estimate of drug-likeness (QED) is 0.316. The highest BCUT2D eigenvalue weighted by Gasteiger charge is 2.36. The molecule has 2 aromatic carbocycles. The van der Waals surface area contributed by atoms with Gasteiger partial charge in [-0.3, -0.25) is 24.6 Å². The van der Waals surface area contributed by atoms with Gasteiger partial charge in [-0.25, -0.2) is 4.39 Å². The van der Waals surface area contributed by atoms with E-state index in [9.17, 15) is 24.1 Å². The van der Waals surface area contributed by atoms with Crippen LogP contribution in [0, 0.1) is 15.9 Å². The topological polar surface area (TPSA) is 93.7 Å². The van der Waals surface area contributed by atoms with Crippen molar-refractivity contribution in [2.24, 2.45) is 0 Å². The van der Waals surface area contributed by atoms with E-state index in [1.165, 1.54) is 36.4 Å². The Morgan fingerprint density at radius 3 is 2.53 bits per heavy atom. The lowest BCUT2D eigenvalue weighted by atomic mass is 10.1. The Bertz CT molecular complexity index is 1190. The van der Waals surface area contributed by atoms with Crippen LogP contribution in [-0.2, 0) is 11.3 Å². The average Bonchev–Trinajstić information content (AvgIpc) is 3.29. The summed E-state index contributed by atoms with van der Waals surface area (Å²) in [6.07, 6.45) is 1.44. The van der Waals surface area contributed by atoms with Crippen molar-refractivity contribution in [1.29, 1.82) is 0 Å². The van der Waals surface area contributed by atoms with E-state index in [-0.39, 0.29) is 28.5 Å². The number of imide groups is 1. The summed E-state index contributed by atoms with van der Waals surface area (Å²) in [5.41, 5.74) is 0.777.